The van der Waals surface area contributed by atoms with Gasteiger partial charge in [-0.25, -0.2) is 4.79 Å². The number of carboxylic acid groups (broad SMARTS) is 1. The van der Waals surface area contributed by atoms with E-state index >= 15 is 24.0 Å². The fourth-order valence-corrected chi connectivity index (χ4v) is 16.5. The zero-order chi connectivity index (χ0) is 104. The van der Waals surface area contributed by atoms with Gasteiger partial charge in [-0.3, -0.25) is 83.4 Å². The number of benzene rings is 3. The van der Waals surface area contributed by atoms with Crippen LogP contribution in [-0.2, 0) is 91.2 Å². The van der Waals surface area contributed by atoms with Crippen molar-refractivity contribution in [1.82, 2.24) is 99.9 Å². The third kappa shape index (κ3) is 40.9. The molecule has 1 fully saturated rings. The summed E-state index contributed by atoms with van der Waals surface area (Å²) in [4.78, 5) is 225. The Kier molecular flexibility index (Phi) is 51.5. The third-order valence-electron chi connectivity index (χ3n) is 24.0. The van der Waals surface area contributed by atoms with Crippen molar-refractivity contribution < 1.29 is 82.1 Å². The Balaban J connectivity index is 1.23. The number of carbonyl (C=O) groups excluding carboxylic acids is 14. The van der Waals surface area contributed by atoms with Crippen LogP contribution in [0.25, 0.3) is 21.8 Å². The summed E-state index contributed by atoms with van der Waals surface area (Å²) in [5.74, 6) is -14.9. The van der Waals surface area contributed by atoms with Gasteiger partial charge in [0.25, 0.3) is 0 Å². The number of nitrogens with zero attached hydrogens (tertiary/aromatic N) is 1. The molecule has 1 aliphatic rings. The molecule has 5 aromatic rings. The van der Waals surface area contributed by atoms with Crippen LogP contribution in [0.3, 0.4) is 0 Å². The molecule has 784 valence electrons. The summed E-state index contributed by atoms with van der Waals surface area (Å²) in [6.45, 7) is 6.56. The molecule has 1 saturated heterocycles. The van der Waals surface area contributed by atoms with Gasteiger partial charge in [0, 0.05) is 79.6 Å². The Bertz CT molecular complexity index is 4960. The van der Waals surface area contributed by atoms with Crippen LogP contribution in [0.5, 0.6) is 0 Å². The fraction of sp³-hybridized carbons (Fsp3) is 0.579. The molecule has 3 aromatic carbocycles. The minimum Gasteiger partial charge on any atom is -0.480 e. The van der Waals surface area contributed by atoms with Gasteiger partial charge in [0.05, 0.1) is 19.2 Å². The predicted octanol–water partition coefficient (Wildman–Crippen LogP) is -3.60. The number of carboxylic acids is 1. The van der Waals surface area contributed by atoms with Crippen LogP contribution in [0.4, 0.5) is 0 Å². The number of aliphatic hydroxyl groups excluding tert-OH is 1. The van der Waals surface area contributed by atoms with E-state index in [1.54, 1.807) is 113 Å². The van der Waals surface area contributed by atoms with E-state index in [0.29, 0.717) is 90.0 Å². The average Bonchev–Trinajstić information content (AvgIpc) is 1.50. The molecule has 0 saturated carbocycles. The molecule has 0 unspecified atom stereocenters. The molecule has 0 spiro atoms. The van der Waals surface area contributed by atoms with E-state index in [1.807, 2.05) is 6.07 Å². The lowest BCUT2D eigenvalue weighted by Crippen LogP contribution is -2.61. The quantitative estimate of drug-likeness (QED) is 0.0102. The molecule has 2 aromatic heterocycles. The maximum atomic E-state index is 15.4. The van der Waals surface area contributed by atoms with Crippen LogP contribution < -0.4 is 131 Å². The van der Waals surface area contributed by atoms with E-state index in [0.717, 1.165) is 0 Å². The van der Waals surface area contributed by atoms with Gasteiger partial charge in [-0.1, -0.05) is 101 Å². The first-order valence-electron chi connectivity index (χ1n) is 48.9. The third-order valence-corrected chi connectivity index (χ3v) is 24.0. The zero-order valence-corrected chi connectivity index (χ0v) is 81.7. The Morgan fingerprint density at radius 2 is 0.732 bits per heavy atom. The van der Waals surface area contributed by atoms with Gasteiger partial charge in [0.1, 0.15) is 78.5 Å². The second-order valence-corrected chi connectivity index (χ2v) is 36.5. The largest absolute Gasteiger partial charge is 0.480 e. The number of fused-ring (bicyclic) bond motifs is 2. The Morgan fingerprint density at radius 1 is 0.387 bits per heavy atom. The maximum Gasteiger partial charge on any atom is 0.326 e. The molecule has 39 N–H and O–H groups in total. The summed E-state index contributed by atoms with van der Waals surface area (Å²) in [5, 5.41) is 88.7. The minimum atomic E-state index is -1.77. The average molecular weight is 1990 g/mol. The van der Waals surface area contributed by atoms with Crippen molar-refractivity contribution in [3.8, 4) is 0 Å². The van der Waals surface area contributed by atoms with Gasteiger partial charge >= 0.3 is 5.97 Å². The molecular formula is C95H152N30O17. The lowest BCUT2D eigenvalue weighted by Gasteiger charge is -2.31. The number of guanidine groups is 3. The van der Waals surface area contributed by atoms with Gasteiger partial charge in [0.2, 0.25) is 82.7 Å². The number of aromatic amines is 2. The summed E-state index contributed by atoms with van der Waals surface area (Å²) in [6.07, 6.45) is 6.70. The zero-order valence-electron chi connectivity index (χ0n) is 81.7. The normalized spacial score (nSPS) is 15.1. The summed E-state index contributed by atoms with van der Waals surface area (Å²) >= 11 is 0. The highest BCUT2D eigenvalue weighted by Gasteiger charge is 2.42. The molecule has 142 heavy (non-hydrogen) atoms. The molecule has 1 aliphatic heterocycles. The number of hydrogen-bond donors (Lipinski definition) is 31. The molecule has 47 heteroatoms. The fourth-order valence-electron chi connectivity index (χ4n) is 16.5. The maximum absolute atomic E-state index is 15.4. The van der Waals surface area contributed by atoms with E-state index in [4.69, 9.17) is 62.1 Å². The molecular weight excluding hydrogens is 1830 g/mol. The number of unbranched alkanes of at least 4 members (excludes halogenated alkanes) is 4. The second kappa shape index (κ2) is 62.5. The molecule has 3 heterocycles. The smallest absolute Gasteiger partial charge is 0.326 e. The van der Waals surface area contributed by atoms with E-state index in [9.17, 15) is 58.2 Å². The molecule has 0 aliphatic carbocycles. The summed E-state index contributed by atoms with van der Waals surface area (Å²) in [6, 6.07) is 3.22. The van der Waals surface area contributed by atoms with Gasteiger partial charge in [-0.05, 0) is 202 Å². The van der Waals surface area contributed by atoms with Crippen molar-refractivity contribution in [2.24, 2.45) is 57.7 Å². The van der Waals surface area contributed by atoms with Gasteiger partial charge in [-0.2, -0.15) is 0 Å². The molecule has 0 radical (unpaired) electrons. The van der Waals surface area contributed by atoms with Crippen LogP contribution in [0, 0.1) is 28.1 Å². The van der Waals surface area contributed by atoms with Crippen LogP contribution in [0.1, 0.15) is 186 Å². The number of para-hydroxylation sites is 2. The van der Waals surface area contributed by atoms with Crippen molar-refractivity contribution in [1.29, 1.82) is 16.2 Å². The molecule has 0 bridgehead atoms. The van der Waals surface area contributed by atoms with E-state index in [-0.39, 0.29) is 179 Å². The topological polar surface area (TPSA) is 804 Å². The Labute approximate surface area is 826 Å². The Hall–Kier alpha value is -13.6. The number of aromatic nitrogens is 2. The minimum absolute atomic E-state index is 0.00900. The number of aliphatic carboxylic acids is 1. The molecule has 47 nitrogen and oxygen atoms in total. The lowest BCUT2D eigenvalue weighted by atomic mass is 10.00. The number of H-pyrrole nitrogens is 2. The number of nitrogens with one attached hydrogen (secondary N) is 21. The number of amides is 14. The summed E-state index contributed by atoms with van der Waals surface area (Å²) < 4.78 is 0. The van der Waals surface area contributed by atoms with Crippen molar-refractivity contribution in [3.05, 3.63) is 108 Å². The number of nitrogens with two attached hydrogens (primary N) is 8. The first kappa shape index (κ1) is 117. The number of hydrogen-bond acceptors (Lipinski definition) is 24. The van der Waals surface area contributed by atoms with Gasteiger partial charge in [0.15, 0.2) is 17.9 Å². The van der Waals surface area contributed by atoms with Gasteiger partial charge < -0.3 is 156 Å². The summed E-state index contributed by atoms with van der Waals surface area (Å²) in [7, 11) is 0. The van der Waals surface area contributed by atoms with Crippen molar-refractivity contribution >= 4 is 128 Å². The van der Waals surface area contributed by atoms with E-state index in [2.05, 4.69) is 95.0 Å². The predicted molar refractivity (Wildman–Crippen MR) is 536 cm³/mol. The molecule has 14 amide bonds. The number of likely N-dealkylation sites (tertiary alicyclic amines) is 1. The first-order valence-corrected chi connectivity index (χ1v) is 48.9. The highest BCUT2D eigenvalue weighted by Crippen LogP contribution is 2.25. The van der Waals surface area contributed by atoms with Crippen LogP contribution in [0.15, 0.2) is 91.3 Å². The molecule has 6 rings (SSSR count). The number of rotatable bonds is 67. The Morgan fingerprint density at radius 3 is 1.16 bits per heavy atom. The monoisotopic (exact) mass is 1990 g/mol. The lowest BCUT2D eigenvalue weighted by molar-refractivity contribution is -0.143. The van der Waals surface area contributed by atoms with Gasteiger partial charge in [-0.15, -0.1) is 0 Å². The number of carbonyl (C=O) groups is 15. The highest BCUT2D eigenvalue weighted by atomic mass is 16.4. The number of aliphatic hydroxyl groups is 1. The van der Waals surface area contributed by atoms with Crippen molar-refractivity contribution in [2.45, 2.75) is 273 Å². The first-order chi connectivity index (χ1) is 67.9. The van der Waals surface area contributed by atoms with Crippen LogP contribution in [-0.4, -0.2) is 282 Å². The van der Waals surface area contributed by atoms with Crippen LogP contribution in [0.2, 0.25) is 0 Å². The van der Waals surface area contributed by atoms with E-state index in [1.165, 1.54) is 4.90 Å². The van der Waals surface area contributed by atoms with Crippen molar-refractivity contribution in [2.75, 3.05) is 65.5 Å². The standard InChI is InChI=1S/C95H152N30O17/c1-55(2)46-71(119-83(132)68(35-21-43-108-94(103)104)114-79(128)62(100)28-12-16-38-96)84(133)115-65(31-13-17-39-97)80(129)112-53-78(127)113-66(34-20-42-107-93(101)102)81(130)122-74(49-58-51-110-63-29-10-8-26-60(58)63)87(136)116-67(32-14-18-40-98)82(131)120-72(47-56(3)4)85(134)117-69(36-22-44-109-95(105)106)91(140)125-45-23-37-77(125)90(139)124-76(54-126)89(138)121-73(48-57-24-6-5-7-25-57)86(135)123-75(50-59-52-111-64-30-11-9-27-61(59)64)88(137)118-70(92(141)142)33-15-19-41-99/h5-11,24-27,29-30,51-52,55-56,62,65-77,110-111,126H,12-23,28,31-50,53-54,96-100H2,1-4H3,(H,112,129)(H,113,127)(H,114,128)(H,115,133)(H,116,136)(H,117,134)(H,118,137)(H,119,132)(H,120,131)(H,121,138)(H,122,130)(H,123,135)(H,124,139)(H,141,142)(H4,101,102,107)(H4,103,104,108)(H4,105,106,109)/t62-,65-,66-,67-,68-,69-,70-,71-,72-,73-,74-,75-,76-,77-/m0/s1. The van der Waals surface area contributed by atoms with Crippen molar-refractivity contribution in [3.63, 3.8) is 0 Å². The van der Waals surface area contributed by atoms with E-state index < -0.39 is 198 Å². The SMILES string of the molecule is CC(C)C[C@H](NC(=O)[C@H](CCCNC(=N)N)NC(=O)[C@@H](N)CCCCN)C(=O)N[C@@H](CCCCN)C(=O)NCC(=O)N[C@@H](CCCNC(=N)N)C(=O)N[C@@H](Cc1c[nH]c2ccccc12)C(=O)N[C@@H](CCCCN)C(=O)N[C@@H](CC(C)C)C(=O)N[C@@H](CCCNC(=N)N)C(=O)N1CCC[C@H]1C(=O)N[C@@H](CO)C(=O)N[C@@H](Cc1ccccc1)C(=O)N[C@@H](Cc1c[nH]c2ccccc12)C(=O)N[C@@H](CCCCN)C(=O)O. The second-order valence-electron chi connectivity index (χ2n) is 36.5. The highest BCUT2D eigenvalue weighted by molar-refractivity contribution is 6.01. The van der Waals surface area contributed by atoms with Crippen LogP contribution >= 0.6 is 0 Å². The molecule has 14 atom stereocenters. The summed E-state index contributed by atoms with van der Waals surface area (Å²) in [5.41, 5.74) is 49.2.